The first-order chi connectivity index (χ1) is 16.8. The summed E-state index contributed by atoms with van der Waals surface area (Å²) in [4.78, 5) is 35.1. The van der Waals surface area contributed by atoms with Crippen LogP contribution >= 0.6 is 23.4 Å². The van der Waals surface area contributed by atoms with E-state index in [1.807, 2.05) is 30.3 Å². The standard InChI is InChI=1S/C25H25ClN4O4S/c1-16(30(15-32)14-18-13-28-17(2)29-24(18)27)23(10-11-31)35-25(33)21-9-8-20(12-22(21)26)34-19-6-4-3-5-7-19/h3-9,12-13,15,31H,10-11,14H2,1-2H3,(H2,27,28,29). The molecule has 0 unspecified atom stereocenters. The number of carbonyl (C=O) groups excluding carboxylic acids is 2. The molecule has 0 aliphatic rings. The molecule has 0 bridgehead atoms. The quantitative estimate of drug-likeness (QED) is 0.366. The van der Waals surface area contributed by atoms with Crippen LogP contribution in [0.4, 0.5) is 5.82 Å². The predicted octanol–water partition coefficient (Wildman–Crippen LogP) is 4.96. The Balaban J connectivity index is 1.80. The first-order valence-electron chi connectivity index (χ1n) is 10.7. The molecular weight excluding hydrogens is 488 g/mol. The van der Waals surface area contributed by atoms with E-state index in [1.165, 1.54) is 4.90 Å². The molecule has 0 saturated heterocycles. The van der Waals surface area contributed by atoms with Gasteiger partial charge in [-0.15, -0.1) is 0 Å². The summed E-state index contributed by atoms with van der Waals surface area (Å²) < 4.78 is 5.76. The number of carbonyl (C=O) groups is 2. The molecule has 1 heterocycles. The fourth-order valence-corrected chi connectivity index (χ4v) is 4.42. The Labute approximate surface area is 212 Å². The number of benzene rings is 2. The lowest BCUT2D eigenvalue weighted by Gasteiger charge is -2.22. The minimum absolute atomic E-state index is 0.122. The number of aliphatic hydroxyl groups is 1. The summed E-state index contributed by atoms with van der Waals surface area (Å²) in [7, 11) is 0. The van der Waals surface area contributed by atoms with Crippen LogP contribution in [0.15, 0.2) is 65.3 Å². The molecule has 0 aliphatic carbocycles. The number of nitrogens with two attached hydrogens (primary N) is 1. The summed E-state index contributed by atoms with van der Waals surface area (Å²) in [6.45, 7) is 3.34. The average molecular weight is 513 g/mol. The Morgan fingerprint density at radius 3 is 2.60 bits per heavy atom. The molecule has 0 fully saturated rings. The van der Waals surface area contributed by atoms with Gasteiger partial charge in [-0.2, -0.15) is 0 Å². The van der Waals surface area contributed by atoms with Crippen LogP contribution in [0.5, 0.6) is 11.5 Å². The molecule has 182 valence electrons. The minimum atomic E-state index is -0.326. The molecule has 8 nitrogen and oxygen atoms in total. The Hall–Kier alpha value is -3.40. The molecule has 3 rings (SSSR count). The predicted molar refractivity (Wildman–Crippen MR) is 137 cm³/mol. The highest BCUT2D eigenvalue weighted by Crippen LogP contribution is 2.33. The van der Waals surface area contributed by atoms with Gasteiger partial charge >= 0.3 is 0 Å². The van der Waals surface area contributed by atoms with Gasteiger partial charge in [-0.1, -0.05) is 29.8 Å². The Bertz CT molecular complexity index is 1240. The van der Waals surface area contributed by atoms with Gasteiger partial charge in [0.25, 0.3) is 0 Å². The molecule has 0 aliphatic heterocycles. The van der Waals surface area contributed by atoms with Gasteiger partial charge in [0.15, 0.2) is 0 Å². The maximum absolute atomic E-state index is 13.1. The summed E-state index contributed by atoms with van der Waals surface area (Å²) in [5.41, 5.74) is 7.32. The van der Waals surface area contributed by atoms with Crippen LogP contribution in [-0.2, 0) is 11.3 Å². The van der Waals surface area contributed by atoms with Crippen molar-refractivity contribution in [1.29, 1.82) is 0 Å². The van der Waals surface area contributed by atoms with Crippen LogP contribution in [0, 0.1) is 6.92 Å². The highest BCUT2D eigenvalue weighted by Gasteiger charge is 2.19. The fraction of sp³-hybridized carbons (Fsp3) is 0.200. The Kier molecular flexibility index (Phi) is 9.25. The molecule has 0 saturated carbocycles. The molecule has 2 aromatic carbocycles. The van der Waals surface area contributed by atoms with Crippen LogP contribution in [0.2, 0.25) is 5.02 Å². The number of para-hydroxylation sites is 1. The normalized spacial score (nSPS) is 11.5. The summed E-state index contributed by atoms with van der Waals surface area (Å²) in [5.74, 6) is 1.94. The largest absolute Gasteiger partial charge is 0.457 e. The number of aromatic nitrogens is 2. The van der Waals surface area contributed by atoms with E-state index < -0.39 is 0 Å². The SMILES string of the molecule is CC(=C(CCO)SC(=O)c1ccc(Oc2ccccc2)cc1Cl)N(C=O)Cc1cnc(C)nc1N. The zero-order valence-corrected chi connectivity index (χ0v) is 20.8. The molecule has 1 aromatic heterocycles. The topological polar surface area (TPSA) is 119 Å². The number of rotatable bonds is 10. The second-order valence-corrected chi connectivity index (χ2v) is 8.96. The minimum Gasteiger partial charge on any atom is -0.457 e. The fourth-order valence-electron chi connectivity index (χ4n) is 3.14. The second kappa shape index (κ2) is 12.3. The van der Waals surface area contributed by atoms with Crippen molar-refractivity contribution in [2.24, 2.45) is 0 Å². The van der Waals surface area contributed by atoms with Crippen molar-refractivity contribution in [3.63, 3.8) is 0 Å². The van der Waals surface area contributed by atoms with E-state index in [2.05, 4.69) is 9.97 Å². The van der Waals surface area contributed by atoms with E-state index >= 15 is 0 Å². The lowest BCUT2D eigenvalue weighted by molar-refractivity contribution is -0.116. The third-order valence-corrected chi connectivity index (χ3v) is 6.48. The number of thioether (sulfide) groups is 1. The molecule has 0 spiro atoms. The number of anilines is 1. The van der Waals surface area contributed by atoms with E-state index in [0.717, 1.165) is 11.8 Å². The van der Waals surface area contributed by atoms with Gasteiger partial charge in [0.2, 0.25) is 11.5 Å². The zero-order valence-electron chi connectivity index (χ0n) is 19.3. The van der Waals surface area contributed by atoms with Crippen molar-refractivity contribution in [2.45, 2.75) is 26.8 Å². The van der Waals surface area contributed by atoms with Crippen LogP contribution in [0.25, 0.3) is 0 Å². The van der Waals surface area contributed by atoms with Gasteiger partial charge in [-0.05, 0) is 49.9 Å². The molecule has 10 heteroatoms. The van der Waals surface area contributed by atoms with Crippen molar-refractivity contribution in [1.82, 2.24) is 14.9 Å². The number of amides is 1. The Morgan fingerprint density at radius 2 is 1.97 bits per heavy atom. The summed E-state index contributed by atoms with van der Waals surface area (Å²) in [6.07, 6.45) is 2.38. The van der Waals surface area contributed by atoms with Gasteiger partial charge in [-0.3, -0.25) is 9.59 Å². The van der Waals surface area contributed by atoms with Gasteiger partial charge in [-0.25, -0.2) is 9.97 Å². The number of aliphatic hydroxyl groups excluding tert-OH is 1. The number of nitrogen functional groups attached to an aromatic ring is 1. The van der Waals surface area contributed by atoms with Crippen LogP contribution in [-0.4, -0.2) is 38.1 Å². The van der Waals surface area contributed by atoms with Crippen molar-refractivity contribution < 1.29 is 19.4 Å². The number of aryl methyl sites for hydroxylation is 1. The summed E-state index contributed by atoms with van der Waals surface area (Å²) in [5, 5.41) is 9.48. The molecule has 0 radical (unpaired) electrons. The number of nitrogens with zero attached hydrogens (tertiary/aromatic N) is 3. The molecule has 1 amide bonds. The van der Waals surface area contributed by atoms with Crippen molar-refractivity contribution in [3.05, 3.63) is 87.3 Å². The van der Waals surface area contributed by atoms with Crippen LogP contribution in [0.1, 0.15) is 35.1 Å². The van der Waals surface area contributed by atoms with Gasteiger partial charge in [0.05, 0.1) is 11.6 Å². The van der Waals surface area contributed by atoms with E-state index in [-0.39, 0.29) is 41.1 Å². The Morgan fingerprint density at radius 1 is 1.23 bits per heavy atom. The molecule has 35 heavy (non-hydrogen) atoms. The molecule has 3 aromatic rings. The molecular formula is C25H25ClN4O4S. The first-order valence-corrected chi connectivity index (χ1v) is 11.9. The van der Waals surface area contributed by atoms with Crippen molar-refractivity contribution >= 4 is 40.7 Å². The van der Waals surface area contributed by atoms with Gasteiger partial charge < -0.3 is 20.5 Å². The molecule has 3 N–H and O–H groups in total. The zero-order chi connectivity index (χ0) is 25.4. The monoisotopic (exact) mass is 512 g/mol. The molecule has 0 atom stereocenters. The highest BCUT2D eigenvalue weighted by molar-refractivity contribution is 8.17. The lowest BCUT2D eigenvalue weighted by Crippen LogP contribution is -2.22. The number of hydrogen-bond donors (Lipinski definition) is 2. The van der Waals surface area contributed by atoms with E-state index in [0.29, 0.717) is 39.9 Å². The van der Waals surface area contributed by atoms with Crippen LogP contribution < -0.4 is 10.5 Å². The van der Waals surface area contributed by atoms with E-state index in [9.17, 15) is 14.7 Å². The number of ether oxygens (including phenoxy) is 1. The third kappa shape index (κ3) is 7.05. The second-order valence-electron chi connectivity index (χ2n) is 7.49. The summed E-state index contributed by atoms with van der Waals surface area (Å²) >= 11 is 7.29. The number of allylic oxidation sites excluding steroid dienone is 1. The smallest absolute Gasteiger partial charge is 0.225 e. The van der Waals surface area contributed by atoms with E-state index in [1.54, 1.807) is 38.2 Å². The van der Waals surface area contributed by atoms with Crippen LogP contribution in [0.3, 0.4) is 0 Å². The third-order valence-electron chi connectivity index (χ3n) is 5.01. The highest BCUT2D eigenvalue weighted by atomic mass is 35.5. The van der Waals surface area contributed by atoms with Gasteiger partial charge in [0, 0.05) is 47.0 Å². The summed E-state index contributed by atoms with van der Waals surface area (Å²) in [6, 6.07) is 14.0. The first kappa shape index (κ1) is 26.2. The lowest BCUT2D eigenvalue weighted by atomic mass is 10.2. The maximum atomic E-state index is 13.1. The number of halogens is 1. The van der Waals surface area contributed by atoms with Crippen molar-refractivity contribution in [3.8, 4) is 11.5 Å². The van der Waals surface area contributed by atoms with Crippen molar-refractivity contribution in [2.75, 3.05) is 12.3 Å². The average Bonchev–Trinajstić information content (AvgIpc) is 2.83. The van der Waals surface area contributed by atoms with E-state index in [4.69, 9.17) is 22.1 Å². The number of hydrogen-bond acceptors (Lipinski definition) is 8. The van der Waals surface area contributed by atoms with Gasteiger partial charge in [0.1, 0.15) is 23.1 Å². The maximum Gasteiger partial charge on any atom is 0.225 e.